The quantitative estimate of drug-likeness (QED) is 0.372. The van der Waals surface area contributed by atoms with E-state index >= 15 is 0 Å². The second-order valence-corrected chi connectivity index (χ2v) is 9.98. The molecule has 34 heavy (non-hydrogen) atoms. The molecular formula is C27H25NO5S. The predicted molar refractivity (Wildman–Crippen MR) is 129 cm³/mol. The average Bonchev–Trinajstić information content (AvgIpc) is 3.24. The Bertz CT molecular complexity index is 1320. The van der Waals surface area contributed by atoms with Gasteiger partial charge in [0.25, 0.3) is 0 Å². The molecule has 1 heterocycles. The third-order valence-corrected chi connectivity index (χ3v) is 7.78. The standard InChI is InChI=1S/C27H25NO5S/c1-19-13-15-23(16-14-19)34(31,32)28-22(18-25(29)20-9-5-3-6-10-20)17-24(27(30)33-2)26(28)21-11-7-4-8-12-21/h3-17,22,26H,18H2,1-2H3/t22-,26-/m0/s1. The first kappa shape index (κ1) is 23.6. The summed E-state index contributed by atoms with van der Waals surface area (Å²) in [6, 6.07) is 22.3. The lowest BCUT2D eigenvalue weighted by Gasteiger charge is -2.31. The summed E-state index contributed by atoms with van der Waals surface area (Å²) < 4.78 is 34.1. The van der Waals surface area contributed by atoms with Crippen molar-refractivity contribution in [2.75, 3.05) is 7.11 Å². The van der Waals surface area contributed by atoms with Crippen LogP contribution in [-0.2, 0) is 19.6 Å². The summed E-state index contributed by atoms with van der Waals surface area (Å²) in [6.45, 7) is 1.87. The molecule has 0 unspecified atom stereocenters. The van der Waals surface area contributed by atoms with Crippen LogP contribution in [0, 0.1) is 6.92 Å². The highest BCUT2D eigenvalue weighted by molar-refractivity contribution is 7.89. The first-order valence-corrected chi connectivity index (χ1v) is 12.3. The molecule has 0 radical (unpaired) electrons. The number of hydrogen-bond acceptors (Lipinski definition) is 5. The van der Waals surface area contributed by atoms with Gasteiger partial charge in [-0.25, -0.2) is 13.2 Å². The molecule has 2 atom stereocenters. The molecule has 6 nitrogen and oxygen atoms in total. The molecule has 1 aliphatic rings. The molecule has 174 valence electrons. The summed E-state index contributed by atoms with van der Waals surface area (Å²) >= 11 is 0. The Balaban J connectivity index is 1.84. The Hall–Kier alpha value is -3.55. The molecule has 0 spiro atoms. The Morgan fingerprint density at radius 3 is 2.06 bits per heavy atom. The van der Waals surface area contributed by atoms with Gasteiger partial charge in [-0.15, -0.1) is 0 Å². The lowest BCUT2D eigenvalue weighted by molar-refractivity contribution is -0.136. The maximum atomic E-state index is 13.9. The van der Waals surface area contributed by atoms with E-state index in [0.29, 0.717) is 11.1 Å². The fourth-order valence-electron chi connectivity index (χ4n) is 4.19. The molecule has 0 saturated heterocycles. The number of methoxy groups -OCH3 is 1. The lowest BCUT2D eigenvalue weighted by atomic mass is 10.0. The Morgan fingerprint density at radius 2 is 1.47 bits per heavy atom. The van der Waals surface area contributed by atoms with E-state index in [1.807, 2.05) is 13.0 Å². The second kappa shape index (κ2) is 9.75. The minimum atomic E-state index is -4.08. The summed E-state index contributed by atoms with van der Waals surface area (Å²) in [5.41, 5.74) is 2.20. The van der Waals surface area contributed by atoms with Crippen LogP contribution in [0.15, 0.2) is 101 Å². The summed E-state index contributed by atoms with van der Waals surface area (Å²) in [5.74, 6) is -0.850. The molecule has 0 N–H and O–H groups in total. The first-order valence-electron chi connectivity index (χ1n) is 10.9. The van der Waals surface area contributed by atoms with Gasteiger partial charge < -0.3 is 4.74 Å². The van der Waals surface area contributed by atoms with Crippen molar-refractivity contribution >= 4 is 21.8 Å². The van der Waals surface area contributed by atoms with Crippen LogP contribution < -0.4 is 0 Å². The normalized spacial score (nSPS) is 18.4. The molecule has 0 aromatic heterocycles. The third kappa shape index (κ3) is 4.58. The van der Waals surface area contributed by atoms with Crippen LogP contribution in [0.5, 0.6) is 0 Å². The number of esters is 1. The van der Waals surface area contributed by atoms with Crippen LogP contribution in [-0.4, -0.2) is 37.6 Å². The van der Waals surface area contributed by atoms with Crippen molar-refractivity contribution in [1.82, 2.24) is 4.31 Å². The zero-order valence-corrected chi connectivity index (χ0v) is 19.7. The van der Waals surface area contributed by atoms with Crippen LogP contribution in [0.4, 0.5) is 0 Å². The number of aryl methyl sites for hydroxylation is 1. The van der Waals surface area contributed by atoms with E-state index < -0.39 is 28.1 Å². The number of hydrogen-bond donors (Lipinski definition) is 0. The van der Waals surface area contributed by atoms with Gasteiger partial charge in [0.05, 0.1) is 29.7 Å². The van der Waals surface area contributed by atoms with E-state index in [2.05, 4.69) is 0 Å². The largest absolute Gasteiger partial charge is 0.466 e. The topological polar surface area (TPSA) is 80.8 Å². The number of Topliss-reactive ketones (excluding diaryl/α,β-unsaturated/α-hetero) is 1. The number of rotatable bonds is 7. The highest BCUT2D eigenvalue weighted by Gasteiger charge is 2.46. The van der Waals surface area contributed by atoms with Gasteiger partial charge in [-0.2, -0.15) is 4.31 Å². The zero-order valence-electron chi connectivity index (χ0n) is 18.9. The van der Waals surface area contributed by atoms with Gasteiger partial charge in [0, 0.05) is 12.0 Å². The minimum Gasteiger partial charge on any atom is -0.466 e. The highest BCUT2D eigenvalue weighted by atomic mass is 32.2. The third-order valence-electron chi connectivity index (χ3n) is 5.87. The van der Waals surface area contributed by atoms with Crippen LogP contribution in [0.1, 0.15) is 33.9 Å². The molecule has 1 aliphatic heterocycles. The Morgan fingerprint density at radius 1 is 0.882 bits per heavy atom. The van der Waals surface area contributed by atoms with E-state index in [1.54, 1.807) is 84.9 Å². The summed E-state index contributed by atoms with van der Waals surface area (Å²) in [7, 11) is -2.83. The fraction of sp³-hybridized carbons (Fsp3) is 0.185. The van der Waals surface area contributed by atoms with Crippen molar-refractivity contribution in [3.63, 3.8) is 0 Å². The zero-order chi connectivity index (χ0) is 24.3. The molecule has 3 aromatic carbocycles. The summed E-state index contributed by atoms with van der Waals surface area (Å²) in [5, 5.41) is 0. The SMILES string of the molecule is COC(=O)C1=C[C@@H](CC(=O)c2ccccc2)N(S(=O)(=O)c2ccc(C)cc2)[C@H]1c1ccccc1. The van der Waals surface area contributed by atoms with Crippen LogP contribution in [0.25, 0.3) is 0 Å². The van der Waals surface area contributed by atoms with Gasteiger partial charge in [-0.1, -0.05) is 84.4 Å². The lowest BCUT2D eigenvalue weighted by Crippen LogP contribution is -2.40. The number of benzene rings is 3. The number of ether oxygens (including phenoxy) is 1. The number of carbonyl (C=O) groups is 2. The van der Waals surface area contributed by atoms with Gasteiger partial charge in [0.1, 0.15) is 0 Å². The summed E-state index contributed by atoms with van der Waals surface area (Å²) in [6.07, 6.45) is 1.44. The van der Waals surface area contributed by atoms with E-state index in [9.17, 15) is 18.0 Å². The molecule has 7 heteroatoms. The van der Waals surface area contributed by atoms with E-state index in [1.165, 1.54) is 11.4 Å². The molecule has 0 aliphatic carbocycles. The Labute approximate surface area is 199 Å². The number of ketones is 1. The number of sulfonamides is 1. The summed E-state index contributed by atoms with van der Waals surface area (Å²) in [4.78, 5) is 25.9. The number of carbonyl (C=O) groups excluding carboxylic acids is 2. The van der Waals surface area contributed by atoms with E-state index in [-0.39, 0.29) is 22.7 Å². The van der Waals surface area contributed by atoms with Gasteiger partial charge in [-0.05, 0) is 24.6 Å². The molecule has 0 amide bonds. The van der Waals surface area contributed by atoms with Crippen molar-refractivity contribution in [2.24, 2.45) is 0 Å². The van der Waals surface area contributed by atoms with Crippen molar-refractivity contribution in [2.45, 2.75) is 30.3 Å². The van der Waals surface area contributed by atoms with Gasteiger partial charge in [0.2, 0.25) is 10.0 Å². The van der Waals surface area contributed by atoms with Crippen LogP contribution >= 0.6 is 0 Å². The smallest absolute Gasteiger partial charge is 0.335 e. The highest BCUT2D eigenvalue weighted by Crippen LogP contribution is 2.42. The molecule has 0 bridgehead atoms. The van der Waals surface area contributed by atoms with Crippen molar-refractivity contribution in [3.8, 4) is 0 Å². The van der Waals surface area contributed by atoms with Crippen molar-refractivity contribution in [3.05, 3.63) is 113 Å². The van der Waals surface area contributed by atoms with Crippen LogP contribution in [0.2, 0.25) is 0 Å². The van der Waals surface area contributed by atoms with E-state index in [0.717, 1.165) is 5.56 Å². The average molecular weight is 476 g/mol. The first-order chi connectivity index (χ1) is 16.3. The number of nitrogens with zero attached hydrogens (tertiary/aromatic N) is 1. The second-order valence-electron chi connectivity index (χ2n) is 8.14. The fourth-order valence-corrected chi connectivity index (χ4v) is 5.92. The van der Waals surface area contributed by atoms with Gasteiger partial charge in [-0.3, -0.25) is 4.79 Å². The molecule has 0 fully saturated rings. The van der Waals surface area contributed by atoms with Gasteiger partial charge in [0.15, 0.2) is 5.78 Å². The molecule has 4 rings (SSSR count). The van der Waals surface area contributed by atoms with Crippen molar-refractivity contribution in [1.29, 1.82) is 0 Å². The van der Waals surface area contributed by atoms with Gasteiger partial charge >= 0.3 is 5.97 Å². The Kier molecular flexibility index (Phi) is 6.77. The van der Waals surface area contributed by atoms with Crippen molar-refractivity contribution < 1.29 is 22.7 Å². The molecular weight excluding hydrogens is 450 g/mol. The minimum absolute atomic E-state index is 0.0932. The maximum Gasteiger partial charge on any atom is 0.335 e. The molecule has 3 aromatic rings. The van der Waals surface area contributed by atoms with E-state index in [4.69, 9.17) is 4.74 Å². The monoisotopic (exact) mass is 475 g/mol. The maximum absolute atomic E-state index is 13.9. The predicted octanol–water partition coefficient (Wildman–Crippen LogP) is 4.48. The molecule has 0 saturated carbocycles. The van der Waals surface area contributed by atoms with Crippen LogP contribution in [0.3, 0.4) is 0 Å².